The van der Waals surface area contributed by atoms with E-state index < -0.39 is 0 Å². The number of benzene rings is 1. The average Bonchev–Trinajstić information content (AvgIpc) is 2.42. The second kappa shape index (κ2) is 6.36. The maximum Gasteiger partial charge on any atom is 0.130 e. The van der Waals surface area contributed by atoms with E-state index in [9.17, 15) is 4.39 Å². The summed E-state index contributed by atoms with van der Waals surface area (Å²) in [6, 6.07) is 4.64. The lowest BCUT2D eigenvalue weighted by Crippen LogP contribution is -2.18. The largest absolute Gasteiger partial charge is 0.308 e. The minimum absolute atomic E-state index is 0.359. The van der Waals surface area contributed by atoms with Crippen LogP contribution < -0.4 is 5.46 Å². The van der Waals surface area contributed by atoms with Gasteiger partial charge in [-0.3, -0.25) is 0 Å². The maximum absolute atomic E-state index is 14.1. The molecular formula is C17H16BClFN. The van der Waals surface area contributed by atoms with Crippen molar-refractivity contribution >= 4 is 30.5 Å². The molecule has 2 radical (unpaired) electrons. The quantitative estimate of drug-likeness (QED) is 0.596. The number of hydrogen-bond acceptors (Lipinski definition) is 1. The molecule has 0 aromatic heterocycles. The Morgan fingerprint density at radius 1 is 1.43 bits per heavy atom. The van der Waals surface area contributed by atoms with Gasteiger partial charge in [0.2, 0.25) is 0 Å². The van der Waals surface area contributed by atoms with E-state index in [1.807, 2.05) is 32.2 Å². The third kappa shape index (κ3) is 3.13. The predicted molar refractivity (Wildman–Crippen MR) is 88.7 cm³/mol. The summed E-state index contributed by atoms with van der Waals surface area (Å²) in [6.45, 7) is 7.87. The first-order valence-corrected chi connectivity index (χ1v) is 7.11. The Kier molecular flexibility index (Phi) is 4.74. The van der Waals surface area contributed by atoms with Gasteiger partial charge >= 0.3 is 0 Å². The summed E-state index contributed by atoms with van der Waals surface area (Å²) in [5, 5.41) is 0.416. The minimum atomic E-state index is -0.372. The van der Waals surface area contributed by atoms with Crippen LogP contribution in [-0.4, -0.2) is 12.7 Å². The third-order valence-electron chi connectivity index (χ3n) is 3.35. The van der Waals surface area contributed by atoms with Crippen LogP contribution in [0.2, 0.25) is 0 Å². The van der Waals surface area contributed by atoms with Crippen molar-refractivity contribution in [1.82, 2.24) is 4.90 Å². The second-order valence-corrected chi connectivity index (χ2v) is 5.25. The number of hydrogen-bond donors (Lipinski definition) is 0. The fraction of sp³-hybridized carbons (Fsp3) is 0.176. The SMILES string of the molecule is [B]c1cccc(F)c1/C(CC)=C(\Cl)N1C=CC(C)=CC1=C. The molecule has 2 rings (SSSR count). The van der Waals surface area contributed by atoms with Crippen molar-refractivity contribution in [3.05, 3.63) is 70.9 Å². The van der Waals surface area contributed by atoms with Crippen LogP contribution in [0, 0.1) is 5.82 Å². The number of halogens is 2. The molecule has 1 aromatic carbocycles. The van der Waals surface area contributed by atoms with Crippen molar-refractivity contribution in [3.63, 3.8) is 0 Å². The van der Waals surface area contributed by atoms with E-state index in [0.717, 1.165) is 11.3 Å². The van der Waals surface area contributed by atoms with Crippen molar-refractivity contribution < 1.29 is 4.39 Å². The number of nitrogens with zero attached hydrogens (tertiary/aromatic N) is 1. The molecule has 0 aliphatic carbocycles. The highest BCUT2D eigenvalue weighted by atomic mass is 35.5. The van der Waals surface area contributed by atoms with Crippen molar-refractivity contribution in [3.8, 4) is 0 Å². The second-order valence-electron chi connectivity index (χ2n) is 4.89. The Morgan fingerprint density at radius 3 is 2.71 bits per heavy atom. The Morgan fingerprint density at radius 2 is 2.14 bits per heavy atom. The molecule has 106 valence electrons. The molecule has 0 fully saturated rings. The van der Waals surface area contributed by atoms with Gasteiger partial charge in [0.05, 0.1) is 0 Å². The standard InChI is InChI=1S/C17H16BClFN/c1-4-13(16-14(18)6-5-7-15(16)20)17(19)21-9-8-11(2)10-12(21)3/h5-10H,3-4H2,1-2H3/b17-13+. The monoisotopic (exact) mass is 299 g/mol. The molecule has 1 aromatic rings. The summed E-state index contributed by atoms with van der Waals surface area (Å²) < 4.78 is 14.1. The Bertz CT molecular complexity index is 653. The molecule has 1 aliphatic heterocycles. The highest BCUT2D eigenvalue weighted by Gasteiger charge is 2.18. The molecule has 1 heterocycles. The third-order valence-corrected chi connectivity index (χ3v) is 3.76. The van der Waals surface area contributed by atoms with Crippen LogP contribution in [0.4, 0.5) is 4.39 Å². The molecule has 21 heavy (non-hydrogen) atoms. The topological polar surface area (TPSA) is 3.24 Å². The zero-order valence-corrected chi connectivity index (χ0v) is 12.9. The van der Waals surface area contributed by atoms with Gasteiger partial charge in [-0.15, -0.1) is 0 Å². The van der Waals surface area contributed by atoms with Crippen LogP contribution in [0.15, 0.2) is 59.6 Å². The van der Waals surface area contributed by atoms with E-state index >= 15 is 0 Å². The predicted octanol–water partition coefficient (Wildman–Crippen LogP) is 4.23. The first kappa shape index (κ1) is 15.6. The first-order valence-electron chi connectivity index (χ1n) is 6.73. The minimum Gasteiger partial charge on any atom is -0.308 e. The van der Waals surface area contributed by atoms with E-state index in [1.54, 1.807) is 17.0 Å². The van der Waals surface area contributed by atoms with Gasteiger partial charge in [-0.2, -0.15) is 0 Å². The molecule has 0 spiro atoms. The fourth-order valence-electron chi connectivity index (χ4n) is 2.29. The van der Waals surface area contributed by atoms with Gasteiger partial charge < -0.3 is 4.90 Å². The van der Waals surface area contributed by atoms with E-state index in [4.69, 9.17) is 19.4 Å². The van der Waals surface area contributed by atoms with Crippen LogP contribution >= 0.6 is 11.6 Å². The molecule has 0 saturated carbocycles. The van der Waals surface area contributed by atoms with Gasteiger partial charge in [0, 0.05) is 17.5 Å². The maximum atomic E-state index is 14.1. The van der Waals surface area contributed by atoms with Crippen LogP contribution in [0.25, 0.3) is 5.57 Å². The van der Waals surface area contributed by atoms with Gasteiger partial charge in [0.1, 0.15) is 18.8 Å². The Balaban J connectivity index is 2.54. The molecule has 0 N–H and O–H groups in total. The molecule has 0 bridgehead atoms. The zero-order chi connectivity index (χ0) is 15.6. The molecule has 0 saturated heterocycles. The summed E-state index contributed by atoms with van der Waals surface area (Å²) in [5.41, 5.74) is 3.22. The molecule has 4 heteroatoms. The van der Waals surface area contributed by atoms with E-state index in [2.05, 4.69) is 6.58 Å². The van der Waals surface area contributed by atoms with Gasteiger partial charge in [-0.1, -0.05) is 42.7 Å². The highest BCUT2D eigenvalue weighted by Crippen LogP contribution is 2.32. The summed E-state index contributed by atoms with van der Waals surface area (Å²) >= 11 is 6.49. The summed E-state index contributed by atoms with van der Waals surface area (Å²) in [4.78, 5) is 1.74. The zero-order valence-electron chi connectivity index (χ0n) is 12.2. The molecule has 0 amide bonds. The van der Waals surface area contributed by atoms with Gasteiger partial charge in [0.25, 0.3) is 0 Å². The molecule has 0 unspecified atom stereocenters. The number of allylic oxidation sites excluding steroid dienone is 4. The lowest BCUT2D eigenvalue weighted by atomic mass is 9.86. The van der Waals surface area contributed by atoms with Crippen molar-refractivity contribution in [2.24, 2.45) is 0 Å². The normalized spacial score (nSPS) is 15.9. The average molecular weight is 300 g/mol. The van der Waals surface area contributed by atoms with Gasteiger partial charge in [-0.25, -0.2) is 4.39 Å². The summed E-state index contributed by atoms with van der Waals surface area (Å²) in [7, 11) is 5.92. The van der Waals surface area contributed by atoms with E-state index in [-0.39, 0.29) is 5.82 Å². The number of rotatable bonds is 3. The molecule has 1 nitrogen and oxygen atoms in total. The fourth-order valence-corrected chi connectivity index (χ4v) is 2.68. The summed E-state index contributed by atoms with van der Waals surface area (Å²) in [6.07, 6.45) is 6.23. The lowest BCUT2D eigenvalue weighted by molar-refractivity contribution is 0.614. The van der Waals surface area contributed by atoms with Crippen molar-refractivity contribution in [1.29, 1.82) is 0 Å². The lowest BCUT2D eigenvalue weighted by Gasteiger charge is -2.26. The van der Waals surface area contributed by atoms with E-state index in [0.29, 0.717) is 28.2 Å². The van der Waals surface area contributed by atoms with Crippen LogP contribution in [0.3, 0.4) is 0 Å². The van der Waals surface area contributed by atoms with E-state index in [1.165, 1.54) is 6.07 Å². The van der Waals surface area contributed by atoms with Gasteiger partial charge in [-0.05, 0) is 42.7 Å². The molecule has 0 atom stereocenters. The summed E-state index contributed by atoms with van der Waals surface area (Å²) in [5.74, 6) is -0.372. The first-order chi connectivity index (χ1) is 9.95. The Labute approximate surface area is 131 Å². The van der Waals surface area contributed by atoms with Crippen LogP contribution in [-0.2, 0) is 0 Å². The van der Waals surface area contributed by atoms with Crippen LogP contribution in [0.1, 0.15) is 25.8 Å². The van der Waals surface area contributed by atoms with Crippen LogP contribution in [0.5, 0.6) is 0 Å². The van der Waals surface area contributed by atoms with Crippen molar-refractivity contribution in [2.45, 2.75) is 20.3 Å². The smallest absolute Gasteiger partial charge is 0.130 e. The Hall–Kier alpha value is -1.74. The van der Waals surface area contributed by atoms with Gasteiger partial charge in [0.15, 0.2) is 0 Å². The highest BCUT2D eigenvalue weighted by molar-refractivity contribution is 6.37. The van der Waals surface area contributed by atoms with Crippen molar-refractivity contribution in [2.75, 3.05) is 0 Å². The molecular weight excluding hydrogens is 283 g/mol. The molecule has 1 aliphatic rings.